The maximum absolute atomic E-state index is 2.50. The van der Waals surface area contributed by atoms with Gasteiger partial charge in [-0.15, -0.1) is 0 Å². The van der Waals surface area contributed by atoms with Crippen molar-refractivity contribution >= 4 is 93.6 Å². The van der Waals surface area contributed by atoms with Crippen molar-refractivity contribution in [3.8, 4) is 22.3 Å². The standard InChI is InChI=1S/C75H58N2/c1-3-53(55-22-8-6-9-23-55)49-61(56-24-10-7-11-25-56)48-52(2)54-38-43-63(44-39-54)76(64-45-40-58(41-46-64)71-51-60-27-15-16-32-66(60)69-34-18-19-35-70(69)71)65-31-20-28-59(50-65)68-36-21-37-72-75(68)74-67-33-17-14-26-57(67)42-47-73(74)77(72)62-29-12-4-5-13-30-62/h3,6-12,14-51H,4-5,13H2,1-2H3/b52-48+,53-3+,61-49+. The highest BCUT2D eigenvalue weighted by Gasteiger charge is 2.21. The fourth-order valence-corrected chi connectivity index (χ4v) is 11.8. The molecule has 0 spiro atoms. The van der Waals surface area contributed by atoms with Crippen molar-refractivity contribution in [2.75, 3.05) is 4.90 Å². The molecule has 0 saturated heterocycles. The zero-order valence-corrected chi connectivity index (χ0v) is 43.6. The van der Waals surface area contributed by atoms with Crippen molar-refractivity contribution < 1.29 is 0 Å². The zero-order valence-electron chi connectivity index (χ0n) is 43.6. The summed E-state index contributed by atoms with van der Waals surface area (Å²) in [6, 6.07) is 89.1. The summed E-state index contributed by atoms with van der Waals surface area (Å²) in [5.74, 6) is 0. The minimum absolute atomic E-state index is 1.06. The van der Waals surface area contributed by atoms with E-state index in [1.807, 2.05) is 0 Å². The summed E-state index contributed by atoms with van der Waals surface area (Å²) in [6.07, 6.45) is 17.2. The summed E-state index contributed by atoms with van der Waals surface area (Å²) in [7, 11) is 0. The monoisotopic (exact) mass is 986 g/mol. The predicted molar refractivity (Wildman–Crippen MR) is 333 cm³/mol. The van der Waals surface area contributed by atoms with E-state index in [-0.39, 0.29) is 0 Å². The Bertz CT molecular complexity index is 4330. The molecule has 11 aromatic carbocycles. The third kappa shape index (κ3) is 8.98. The van der Waals surface area contributed by atoms with Crippen molar-refractivity contribution in [1.82, 2.24) is 4.57 Å². The number of benzene rings is 11. The van der Waals surface area contributed by atoms with Gasteiger partial charge in [-0.3, -0.25) is 0 Å². The van der Waals surface area contributed by atoms with Gasteiger partial charge in [-0.25, -0.2) is 0 Å². The summed E-state index contributed by atoms with van der Waals surface area (Å²) < 4.78 is 2.50. The minimum Gasteiger partial charge on any atom is -0.310 e. The molecule has 0 saturated carbocycles. The lowest BCUT2D eigenvalue weighted by Gasteiger charge is -2.26. The Hall–Kier alpha value is -9.50. The molecule has 2 heteroatoms. The second-order valence-corrected chi connectivity index (χ2v) is 20.3. The fraction of sp³-hybridized carbons (Fsp3) is 0.0667. The van der Waals surface area contributed by atoms with Gasteiger partial charge in [0.2, 0.25) is 0 Å². The SMILES string of the molecule is C\C=C(/C=C(\C=C(/C)c1ccc(N(c2ccc(-c3cc4ccccc4c4ccccc34)cc2)c2cccc(-c3cccc4c3c3c5ccccc5ccc3n4C3=CCCCC=C3)c2)cc1)c1ccccc1)c1ccccc1. The van der Waals surface area contributed by atoms with Gasteiger partial charge in [0.25, 0.3) is 0 Å². The maximum Gasteiger partial charge on any atom is 0.0547 e. The lowest BCUT2D eigenvalue weighted by atomic mass is 9.93. The average Bonchev–Trinajstić information content (AvgIpc) is 3.81. The first kappa shape index (κ1) is 47.2. The van der Waals surface area contributed by atoms with Gasteiger partial charge in [0.15, 0.2) is 0 Å². The maximum atomic E-state index is 2.50. The second kappa shape index (κ2) is 20.7. The van der Waals surface area contributed by atoms with Gasteiger partial charge in [-0.05, 0) is 188 Å². The van der Waals surface area contributed by atoms with E-state index in [0.717, 1.165) is 41.9 Å². The van der Waals surface area contributed by atoms with E-state index in [1.165, 1.54) is 110 Å². The lowest BCUT2D eigenvalue weighted by Crippen LogP contribution is -2.10. The Morgan fingerprint density at radius 2 is 1.06 bits per heavy atom. The second-order valence-electron chi connectivity index (χ2n) is 20.3. The highest BCUT2D eigenvalue weighted by Crippen LogP contribution is 2.45. The Labute approximate surface area is 451 Å². The predicted octanol–water partition coefficient (Wildman–Crippen LogP) is 21.2. The Balaban J connectivity index is 0.951. The van der Waals surface area contributed by atoms with Crippen LogP contribution in [0, 0.1) is 0 Å². The van der Waals surface area contributed by atoms with Gasteiger partial charge in [-0.2, -0.15) is 0 Å². The minimum atomic E-state index is 1.06. The summed E-state index contributed by atoms with van der Waals surface area (Å²) in [5, 5.41) is 10.1. The molecule has 13 rings (SSSR count). The average molecular weight is 987 g/mol. The molecule has 1 aliphatic rings. The summed E-state index contributed by atoms with van der Waals surface area (Å²) in [6.45, 7) is 4.34. The number of anilines is 3. The highest BCUT2D eigenvalue weighted by atomic mass is 15.1. The molecule has 77 heavy (non-hydrogen) atoms. The van der Waals surface area contributed by atoms with Crippen molar-refractivity contribution in [2.24, 2.45) is 0 Å². The normalized spacial score (nSPS) is 13.4. The number of fused-ring (bicyclic) bond motifs is 8. The van der Waals surface area contributed by atoms with E-state index >= 15 is 0 Å². The topological polar surface area (TPSA) is 8.17 Å². The Kier molecular flexibility index (Phi) is 12.7. The Morgan fingerprint density at radius 1 is 0.429 bits per heavy atom. The van der Waals surface area contributed by atoms with E-state index in [9.17, 15) is 0 Å². The van der Waals surface area contributed by atoms with Crippen LogP contribution >= 0.6 is 0 Å². The van der Waals surface area contributed by atoms with Crippen molar-refractivity contribution in [1.29, 1.82) is 0 Å². The van der Waals surface area contributed by atoms with Gasteiger partial charge in [-0.1, -0.05) is 212 Å². The van der Waals surface area contributed by atoms with Gasteiger partial charge < -0.3 is 9.47 Å². The summed E-state index contributed by atoms with van der Waals surface area (Å²) in [5.41, 5.74) is 18.8. The zero-order chi connectivity index (χ0) is 51.7. The Morgan fingerprint density at radius 3 is 1.82 bits per heavy atom. The van der Waals surface area contributed by atoms with Crippen LogP contribution in [0.5, 0.6) is 0 Å². The third-order valence-corrected chi connectivity index (χ3v) is 15.6. The largest absolute Gasteiger partial charge is 0.310 e. The van der Waals surface area contributed by atoms with E-state index in [2.05, 4.69) is 302 Å². The van der Waals surface area contributed by atoms with Crippen molar-refractivity contribution in [2.45, 2.75) is 33.1 Å². The molecular weight excluding hydrogens is 929 g/mol. The van der Waals surface area contributed by atoms with E-state index in [4.69, 9.17) is 0 Å². The van der Waals surface area contributed by atoms with Gasteiger partial charge in [0.05, 0.1) is 11.0 Å². The number of hydrogen-bond acceptors (Lipinski definition) is 1. The molecule has 0 radical (unpaired) electrons. The van der Waals surface area contributed by atoms with Crippen LogP contribution in [0.3, 0.4) is 0 Å². The number of hydrogen-bond donors (Lipinski definition) is 0. The number of nitrogens with zero attached hydrogens (tertiary/aromatic N) is 2. The van der Waals surface area contributed by atoms with Gasteiger partial charge >= 0.3 is 0 Å². The van der Waals surface area contributed by atoms with Crippen LogP contribution in [-0.4, -0.2) is 4.57 Å². The summed E-state index contributed by atoms with van der Waals surface area (Å²) in [4.78, 5) is 2.42. The van der Waals surface area contributed by atoms with Crippen LogP contribution in [0.4, 0.5) is 17.1 Å². The van der Waals surface area contributed by atoms with Crippen LogP contribution in [0.25, 0.3) is 98.8 Å². The highest BCUT2D eigenvalue weighted by molar-refractivity contribution is 6.25. The molecule has 0 bridgehead atoms. The van der Waals surface area contributed by atoms with E-state index < -0.39 is 0 Å². The molecule has 1 heterocycles. The first-order valence-corrected chi connectivity index (χ1v) is 27.1. The number of aromatic nitrogens is 1. The summed E-state index contributed by atoms with van der Waals surface area (Å²) >= 11 is 0. The quantitative estimate of drug-likeness (QED) is 0.0926. The smallest absolute Gasteiger partial charge is 0.0547 e. The van der Waals surface area contributed by atoms with E-state index in [0.29, 0.717) is 0 Å². The van der Waals surface area contributed by atoms with Gasteiger partial charge in [0, 0.05) is 33.5 Å². The molecule has 0 amide bonds. The van der Waals surface area contributed by atoms with Crippen LogP contribution in [0.15, 0.2) is 279 Å². The molecule has 2 nitrogen and oxygen atoms in total. The molecule has 0 unspecified atom stereocenters. The molecule has 0 atom stereocenters. The molecule has 0 aliphatic heterocycles. The molecule has 1 aliphatic carbocycles. The van der Waals surface area contributed by atoms with Gasteiger partial charge in [0.1, 0.15) is 0 Å². The first-order chi connectivity index (χ1) is 38.1. The number of allylic oxidation sites excluding steroid dienone is 10. The molecular formula is C75H58N2. The van der Waals surface area contributed by atoms with Crippen LogP contribution < -0.4 is 4.90 Å². The molecule has 368 valence electrons. The molecule has 1 aromatic heterocycles. The van der Waals surface area contributed by atoms with Crippen molar-refractivity contribution in [3.63, 3.8) is 0 Å². The third-order valence-electron chi connectivity index (χ3n) is 15.6. The molecule has 0 fully saturated rings. The molecule has 12 aromatic rings. The van der Waals surface area contributed by atoms with Crippen LogP contribution in [0.2, 0.25) is 0 Å². The van der Waals surface area contributed by atoms with Crippen LogP contribution in [0.1, 0.15) is 49.8 Å². The lowest BCUT2D eigenvalue weighted by molar-refractivity contribution is 0.875. The molecule has 0 N–H and O–H groups in total. The van der Waals surface area contributed by atoms with Crippen LogP contribution in [-0.2, 0) is 0 Å². The fourth-order valence-electron chi connectivity index (χ4n) is 11.8. The van der Waals surface area contributed by atoms with Crippen molar-refractivity contribution in [3.05, 3.63) is 296 Å². The first-order valence-electron chi connectivity index (χ1n) is 27.1. The number of rotatable bonds is 11. The van der Waals surface area contributed by atoms with E-state index in [1.54, 1.807) is 0 Å².